The maximum Gasteiger partial charge on any atom is 0.265 e. The lowest BCUT2D eigenvalue weighted by atomic mass is 10.1. The normalized spacial score (nSPS) is 15.0. The highest BCUT2D eigenvalue weighted by Gasteiger charge is 2.36. The van der Waals surface area contributed by atoms with Gasteiger partial charge in [0.05, 0.1) is 16.3 Å². The Bertz CT molecular complexity index is 1210. The fraction of sp³-hybridized carbons (Fsp3) is 0.100. The summed E-state index contributed by atoms with van der Waals surface area (Å²) in [5, 5.41) is 14.8. The zero-order valence-corrected chi connectivity index (χ0v) is 15.8. The van der Waals surface area contributed by atoms with Crippen LogP contribution in [0, 0.1) is 0 Å². The molecule has 142 valence electrons. The highest BCUT2D eigenvalue weighted by atomic mass is 32.2. The largest absolute Gasteiger partial charge is 0.508 e. The summed E-state index contributed by atoms with van der Waals surface area (Å²) in [4.78, 5) is 12.6. The quantitative estimate of drug-likeness (QED) is 0.524. The maximum atomic E-state index is 12.9. The minimum Gasteiger partial charge on any atom is -0.508 e. The Kier molecular flexibility index (Phi) is 4.27. The second-order valence-corrected chi connectivity index (χ2v) is 8.25. The topological polar surface area (TPSA) is 99.1 Å². The van der Waals surface area contributed by atoms with Crippen LogP contribution in [0.4, 0.5) is 5.69 Å². The third-order valence-corrected chi connectivity index (χ3v) is 6.40. The Morgan fingerprint density at radius 2 is 1.75 bits per heavy atom. The molecule has 1 aliphatic heterocycles. The Balaban J connectivity index is 1.56. The standard InChI is InChI=1S/C20H17N3O4S/c1-13(14-8-10-16(24)11-9-14)21-22-19(25)12-23-17-6-2-4-15-5-3-7-18(20(15)17)28(23,26)27/h2-11,24H,12H2,1H3,(H,22,25)/b21-13+. The number of amides is 1. The molecule has 0 radical (unpaired) electrons. The van der Waals surface area contributed by atoms with Crippen molar-refractivity contribution in [3.05, 3.63) is 66.2 Å². The molecule has 0 bridgehead atoms. The molecule has 0 aromatic heterocycles. The molecule has 0 spiro atoms. The summed E-state index contributed by atoms with van der Waals surface area (Å²) in [5.41, 5.74) is 4.14. The fourth-order valence-corrected chi connectivity index (χ4v) is 4.87. The van der Waals surface area contributed by atoms with E-state index in [2.05, 4.69) is 10.5 Å². The number of hydrogen-bond acceptors (Lipinski definition) is 5. The molecule has 4 rings (SSSR count). The van der Waals surface area contributed by atoms with Crippen molar-refractivity contribution in [3.63, 3.8) is 0 Å². The van der Waals surface area contributed by atoms with Gasteiger partial charge in [-0.3, -0.25) is 9.10 Å². The molecule has 3 aromatic carbocycles. The molecule has 1 aliphatic rings. The summed E-state index contributed by atoms with van der Waals surface area (Å²) in [7, 11) is -3.79. The molecule has 0 aliphatic carbocycles. The lowest BCUT2D eigenvalue weighted by Gasteiger charge is -2.17. The minimum absolute atomic E-state index is 0.133. The zero-order valence-electron chi connectivity index (χ0n) is 15.0. The van der Waals surface area contributed by atoms with Crippen molar-refractivity contribution in [2.75, 3.05) is 10.8 Å². The van der Waals surface area contributed by atoms with Crippen LogP contribution in [0.5, 0.6) is 5.75 Å². The predicted octanol–water partition coefficient (Wildman–Crippen LogP) is 2.59. The molecule has 0 fully saturated rings. The number of sulfonamides is 1. The van der Waals surface area contributed by atoms with E-state index in [1.807, 2.05) is 12.1 Å². The van der Waals surface area contributed by atoms with Crippen LogP contribution < -0.4 is 9.73 Å². The van der Waals surface area contributed by atoms with Gasteiger partial charge in [0, 0.05) is 5.39 Å². The van der Waals surface area contributed by atoms with Gasteiger partial charge in [-0.25, -0.2) is 13.8 Å². The molecule has 7 nitrogen and oxygen atoms in total. The van der Waals surface area contributed by atoms with E-state index in [0.29, 0.717) is 16.8 Å². The van der Waals surface area contributed by atoms with Crippen LogP contribution in [0.3, 0.4) is 0 Å². The molecule has 0 unspecified atom stereocenters. The number of rotatable bonds is 4. The van der Waals surface area contributed by atoms with Gasteiger partial charge in [-0.1, -0.05) is 24.3 Å². The monoisotopic (exact) mass is 395 g/mol. The van der Waals surface area contributed by atoms with Gasteiger partial charge in [-0.2, -0.15) is 5.10 Å². The van der Waals surface area contributed by atoms with E-state index in [1.165, 1.54) is 12.1 Å². The summed E-state index contributed by atoms with van der Waals surface area (Å²) in [6, 6.07) is 16.7. The molecule has 3 aromatic rings. The van der Waals surface area contributed by atoms with E-state index in [0.717, 1.165) is 15.3 Å². The van der Waals surface area contributed by atoms with Crippen LogP contribution in [-0.2, 0) is 14.8 Å². The lowest BCUT2D eigenvalue weighted by Crippen LogP contribution is -2.37. The Hall–Kier alpha value is -3.39. The molecule has 0 atom stereocenters. The van der Waals surface area contributed by atoms with Crippen molar-refractivity contribution in [1.29, 1.82) is 0 Å². The predicted molar refractivity (Wildman–Crippen MR) is 107 cm³/mol. The van der Waals surface area contributed by atoms with Gasteiger partial charge in [-0.15, -0.1) is 0 Å². The Morgan fingerprint density at radius 3 is 2.46 bits per heavy atom. The van der Waals surface area contributed by atoms with Gasteiger partial charge in [0.1, 0.15) is 12.3 Å². The highest BCUT2D eigenvalue weighted by Crippen LogP contribution is 2.41. The zero-order chi connectivity index (χ0) is 19.9. The molecule has 2 N–H and O–H groups in total. The van der Waals surface area contributed by atoms with E-state index >= 15 is 0 Å². The van der Waals surface area contributed by atoms with Gasteiger partial charge in [-0.05, 0) is 54.3 Å². The van der Waals surface area contributed by atoms with Crippen molar-refractivity contribution < 1.29 is 18.3 Å². The van der Waals surface area contributed by atoms with Crippen LogP contribution in [0.2, 0.25) is 0 Å². The smallest absolute Gasteiger partial charge is 0.265 e. The average Bonchev–Trinajstić information content (AvgIpc) is 2.90. The van der Waals surface area contributed by atoms with Crippen molar-refractivity contribution in [1.82, 2.24) is 5.43 Å². The fourth-order valence-electron chi connectivity index (χ4n) is 3.21. The van der Waals surface area contributed by atoms with Crippen LogP contribution in [-0.4, -0.2) is 31.7 Å². The summed E-state index contributed by atoms with van der Waals surface area (Å²) in [5.74, 6) is -0.417. The number of phenolic OH excluding ortho intramolecular Hbond substituents is 1. The number of anilines is 1. The molecule has 8 heteroatoms. The number of hydrazone groups is 1. The van der Waals surface area contributed by atoms with Crippen molar-refractivity contribution in [2.24, 2.45) is 5.10 Å². The van der Waals surface area contributed by atoms with E-state index in [4.69, 9.17) is 0 Å². The Labute approximate surface area is 162 Å². The molecular weight excluding hydrogens is 378 g/mol. The first-order valence-electron chi connectivity index (χ1n) is 8.55. The minimum atomic E-state index is -3.79. The summed E-state index contributed by atoms with van der Waals surface area (Å²) >= 11 is 0. The first-order chi connectivity index (χ1) is 13.4. The van der Waals surface area contributed by atoms with Crippen molar-refractivity contribution in [3.8, 4) is 5.75 Å². The van der Waals surface area contributed by atoms with E-state index in [1.54, 1.807) is 43.3 Å². The molecule has 1 heterocycles. The SMILES string of the molecule is C/C(=N\NC(=O)CN1c2cccc3cccc(c23)S1(=O)=O)c1ccc(O)cc1. The molecule has 1 amide bonds. The van der Waals surface area contributed by atoms with Gasteiger partial charge in [0.15, 0.2) is 0 Å². The summed E-state index contributed by atoms with van der Waals surface area (Å²) < 4.78 is 26.9. The van der Waals surface area contributed by atoms with E-state index < -0.39 is 15.9 Å². The number of hydrogen-bond donors (Lipinski definition) is 2. The molecule has 0 saturated heterocycles. The van der Waals surface area contributed by atoms with Crippen molar-refractivity contribution in [2.45, 2.75) is 11.8 Å². The number of benzene rings is 3. The van der Waals surface area contributed by atoms with E-state index in [-0.39, 0.29) is 17.2 Å². The lowest BCUT2D eigenvalue weighted by molar-refractivity contribution is -0.119. The number of nitrogens with one attached hydrogen (secondary N) is 1. The number of nitrogens with zero attached hydrogens (tertiary/aromatic N) is 2. The van der Waals surface area contributed by atoms with Crippen LogP contribution in [0.1, 0.15) is 12.5 Å². The van der Waals surface area contributed by atoms with Crippen LogP contribution in [0.25, 0.3) is 10.8 Å². The second-order valence-electron chi connectivity index (χ2n) is 6.42. The van der Waals surface area contributed by atoms with Gasteiger partial charge >= 0.3 is 0 Å². The molecular formula is C20H17N3O4S. The average molecular weight is 395 g/mol. The Morgan fingerprint density at radius 1 is 1.07 bits per heavy atom. The second kappa shape index (κ2) is 6.65. The highest BCUT2D eigenvalue weighted by molar-refractivity contribution is 7.93. The number of carbonyl (C=O) groups is 1. The number of aromatic hydroxyl groups is 1. The summed E-state index contributed by atoms with van der Waals surface area (Å²) in [6.07, 6.45) is 0. The summed E-state index contributed by atoms with van der Waals surface area (Å²) in [6.45, 7) is 1.33. The third-order valence-electron chi connectivity index (χ3n) is 4.60. The third kappa shape index (κ3) is 2.97. The van der Waals surface area contributed by atoms with Gasteiger partial charge in [0.2, 0.25) is 0 Å². The molecule has 0 saturated carbocycles. The maximum absolute atomic E-state index is 12.9. The number of carbonyl (C=O) groups excluding carboxylic acids is 1. The molecule has 28 heavy (non-hydrogen) atoms. The van der Waals surface area contributed by atoms with Crippen LogP contribution in [0.15, 0.2) is 70.7 Å². The van der Waals surface area contributed by atoms with Crippen molar-refractivity contribution >= 4 is 38.1 Å². The number of phenols is 1. The van der Waals surface area contributed by atoms with Crippen LogP contribution >= 0.6 is 0 Å². The first kappa shape index (κ1) is 18.0. The van der Waals surface area contributed by atoms with E-state index in [9.17, 15) is 18.3 Å². The van der Waals surface area contributed by atoms with Gasteiger partial charge < -0.3 is 5.11 Å². The first-order valence-corrected chi connectivity index (χ1v) is 9.99. The van der Waals surface area contributed by atoms with Gasteiger partial charge in [0.25, 0.3) is 15.9 Å².